The zero-order valence-corrected chi connectivity index (χ0v) is 13.8. The van der Waals surface area contributed by atoms with E-state index in [1.165, 1.54) is 12.8 Å². The van der Waals surface area contributed by atoms with Crippen molar-refractivity contribution in [2.75, 3.05) is 19.6 Å². The van der Waals surface area contributed by atoms with E-state index in [1.54, 1.807) is 6.26 Å². The van der Waals surface area contributed by atoms with Crippen molar-refractivity contribution in [3.8, 4) is 0 Å². The highest BCUT2D eigenvalue weighted by Gasteiger charge is 2.22. The molecule has 0 radical (unpaired) electrons. The Morgan fingerprint density at radius 2 is 2.38 bits per heavy atom. The second-order valence-electron chi connectivity index (χ2n) is 6.46. The largest absolute Gasteiger partial charge is 0.468 e. The van der Waals surface area contributed by atoms with Gasteiger partial charge in [0, 0.05) is 25.9 Å². The first kappa shape index (κ1) is 16.7. The summed E-state index contributed by atoms with van der Waals surface area (Å²) >= 11 is 0. The van der Waals surface area contributed by atoms with E-state index in [0.29, 0.717) is 31.0 Å². The summed E-state index contributed by atoms with van der Waals surface area (Å²) in [6, 6.07) is 3.93. The number of likely N-dealkylation sites (tertiary alicyclic amines) is 1. The summed E-state index contributed by atoms with van der Waals surface area (Å²) in [4.78, 5) is 25.5. The van der Waals surface area contributed by atoms with E-state index in [0.717, 1.165) is 31.8 Å². The van der Waals surface area contributed by atoms with Gasteiger partial charge in [-0.25, -0.2) is 5.43 Å². The van der Waals surface area contributed by atoms with Gasteiger partial charge in [0.25, 0.3) is 5.91 Å². The van der Waals surface area contributed by atoms with Crippen molar-refractivity contribution >= 4 is 17.5 Å². The molecule has 1 atom stereocenters. The summed E-state index contributed by atoms with van der Waals surface area (Å²) in [6.07, 6.45) is 5.79. The molecule has 0 spiro atoms. The maximum atomic E-state index is 12.0. The third kappa shape index (κ3) is 4.67. The van der Waals surface area contributed by atoms with Crippen LogP contribution in [0.5, 0.6) is 0 Å². The van der Waals surface area contributed by atoms with Crippen LogP contribution in [0.15, 0.2) is 27.9 Å². The number of hydrogen-bond acceptors (Lipinski definition) is 5. The van der Waals surface area contributed by atoms with E-state index in [2.05, 4.69) is 20.7 Å². The molecule has 1 saturated heterocycles. The molecule has 1 aromatic rings. The van der Waals surface area contributed by atoms with Crippen molar-refractivity contribution in [1.29, 1.82) is 0 Å². The molecule has 3 heterocycles. The van der Waals surface area contributed by atoms with Crippen LogP contribution in [0.3, 0.4) is 0 Å². The molecule has 2 aliphatic rings. The number of piperidine rings is 1. The Morgan fingerprint density at radius 1 is 1.46 bits per heavy atom. The Hall–Kier alpha value is -2.15. The van der Waals surface area contributed by atoms with Crippen LogP contribution in [0.1, 0.15) is 37.9 Å². The molecule has 24 heavy (non-hydrogen) atoms. The van der Waals surface area contributed by atoms with E-state index >= 15 is 0 Å². The van der Waals surface area contributed by atoms with Crippen molar-refractivity contribution in [1.82, 2.24) is 15.6 Å². The van der Waals surface area contributed by atoms with Crippen LogP contribution < -0.4 is 10.7 Å². The van der Waals surface area contributed by atoms with Crippen molar-refractivity contribution in [3.63, 3.8) is 0 Å². The number of amides is 2. The number of rotatable bonds is 6. The van der Waals surface area contributed by atoms with Crippen molar-refractivity contribution < 1.29 is 14.0 Å². The summed E-state index contributed by atoms with van der Waals surface area (Å²) in [7, 11) is 0. The van der Waals surface area contributed by atoms with Crippen LogP contribution >= 0.6 is 0 Å². The van der Waals surface area contributed by atoms with Crippen LogP contribution in [0, 0.1) is 5.92 Å². The molecule has 130 valence electrons. The lowest BCUT2D eigenvalue weighted by Gasteiger charge is -2.32. The van der Waals surface area contributed by atoms with Crippen LogP contribution in [0.25, 0.3) is 0 Å². The second-order valence-corrected chi connectivity index (χ2v) is 6.46. The highest BCUT2D eigenvalue weighted by molar-refractivity contribution is 6.39. The van der Waals surface area contributed by atoms with E-state index < -0.39 is 0 Å². The first-order valence-corrected chi connectivity index (χ1v) is 8.59. The molecule has 7 heteroatoms. The van der Waals surface area contributed by atoms with Gasteiger partial charge in [-0.3, -0.25) is 14.5 Å². The van der Waals surface area contributed by atoms with E-state index in [4.69, 9.17) is 4.42 Å². The van der Waals surface area contributed by atoms with Gasteiger partial charge < -0.3 is 9.73 Å². The van der Waals surface area contributed by atoms with E-state index in [1.807, 2.05) is 12.1 Å². The van der Waals surface area contributed by atoms with Gasteiger partial charge in [0.1, 0.15) is 11.5 Å². The van der Waals surface area contributed by atoms with Crippen LogP contribution in [-0.2, 0) is 16.1 Å². The molecular formula is C17H24N4O3. The van der Waals surface area contributed by atoms with E-state index in [9.17, 15) is 9.59 Å². The normalized spacial score (nSPS) is 21.9. The van der Waals surface area contributed by atoms with Crippen molar-refractivity contribution in [3.05, 3.63) is 24.2 Å². The van der Waals surface area contributed by atoms with Crippen LogP contribution in [0.2, 0.25) is 0 Å². The Morgan fingerprint density at radius 3 is 3.12 bits per heavy atom. The molecule has 1 aromatic heterocycles. The topological polar surface area (TPSA) is 86.9 Å². The highest BCUT2D eigenvalue weighted by Crippen LogP contribution is 2.21. The lowest BCUT2D eigenvalue weighted by atomic mass is 9.94. The summed E-state index contributed by atoms with van der Waals surface area (Å²) in [5.74, 6) is 1.28. The predicted molar refractivity (Wildman–Crippen MR) is 89.1 cm³/mol. The smallest absolute Gasteiger partial charge is 0.267 e. The zero-order valence-electron chi connectivity index (χ0n) is 13.8. The molecule has 0 saturated carbocycles. The molecule has 2 N–H and O–H groups in total. The summed E-state index contributed by atoms with van der Waals surface area (Å²) in [5, 5.41) is 6.73. The monoisotopic (exact) mass is 332 g/mol. The molecule has 1 fully saturated rings. The minimum atomic E-state index is -0.168. The summed E-state index contributed by atoms with van der Waals surface area (Å²) < 4.78 is 5.42. The SMILES string of the molecule is O=C1CCC(C(=O)NCCC2CCCN(Cc3ccco3)C2)=NN1. The number of furan rings is 1. The minimum Gasteiger partial charge on any atom is -0.468 e. The molecule has 7 nitrogen and oxygen atoms in total. The average Bonchev–Trinajstić information content (AvgIpc) is 3.09. The van der Waals surface area contributed by atoms with Gasteiger partial charge in [-0.15, -0.1) is 0 Å². The first-order chi connectivity index (χ1) is 11.7. The lowest BCUT2D eigenvalue weighted by Crippen LogP contribution is -2.39. The molecular weight excluding hydrogens is 308 g/mol. The zero-order chi connectivity index (χ0) is 16.8. The fourth-order valence-electron chi connectivity index (χ4n) is 3.28. The fourth-order valence-corrected chi connectivity index (χ4v) is 3.28. The van der Waals surface area contributed by atoms with Crippen molar-refractivity contribution in [2.24, 2.45) is 11.0 Å². The van der Waals surface area contributed by atoms with Gasteiger partial charge in [-0.2, -0.15) is 5.10 Å². The number of hydrazone groups is 1. The van der Waals surface area contributed by atoms with E-state index in [-0.39, 0.29) is 11.8 Å². The second kappa shape index (κ2) is 8.10. The molecule has 1 unspecified atom stereocenters. The highest BCUT2D eigenvalue weighted by atomic mass is 16.3. The molecule has 0 aromatic carbocycles. The lowest BCUT2D eigenvalue weighted by molar-refractivity contribution is -0.121. The number of carbonyl (C=O) groups is 2. The van der Waals surface area contributed by atoms with Gasteiger partial charge in [0.2, 0.25) is 5.91 Å². The third-order valence-corrected chi connectivity index (χ3v) is 4.57. The Kier molecular flexibility index (Phi) is 5.63. The number of carbonyl (C=O) groups excluding carboxylic acids is 2. The fraction of sp³-hybridized carbons (Fsp3) is 0.588. The van der Waals surface area contributed by atoms with Crippen molar-refractivity contribution in [2.45, 2.75) is 38.6 Å². The van der Waals surface area contributed by atoms with Crippen LogP contribution in [0.4, 0.5) is 0 Å². The van der Waals surface area contributed by atoms with Gasteiger partial charge in [0.05, 0.1) is 12.8 Å². The Bertz CT molecular complexity index is 597. The third-order valence-electron chi connectivity index (χ3n) is 4.57. The standard InChI is InChI=1S/C17H24N4O3/c22-16-6-5-15(19-20-16)17(23)18-8-7-13-3-1-9-21(11-13)12-14-4-2-10-24-14/h2,4,10,13H,1,3,5-9,11-12H2,(H,18,23)(H,20,22). The maximum Gasteiger partial charge on any atom is 0.267 e. The molecule has 3 rings (SSSR count). The van der Waals surface area contributed by atoms with Gasteiger partial charge >= 0.3 is 0 Å². The number of nitrogens with one attached hydrogen (secondary N) is 2. The molecule has 2 aliphatic heterocycles. The Labute approximate surface area is 141 Å². The average molecular weight is 332 g/mol. The van der Waals surface area contributed by atoms with Gasteiger partial charge in [-0.05, 0) is 43.9 Å². The van der Waals surface area contributed by atoms with Gasteiger partial charge in [0.15, 0.2) is 0 Å². The quantitative estimate of drug-likeness (QED) is 0.821. The predicted octanol–water partition coefficient (Wildman–Crippen LogP) is 1.26. The first-order valence-electron chi connectivity index (χ1n) is 8.59. The molecule has 0 aliphatic carbocycles. The summed E-state index contributed by atoms with van der Waals surface area (Å²) in [6.45, 7) is 3.63. The molecule has 0 bridgehead atoms. The Balaban J connectivity index is 1.38. The summed E-state index contributed by atoms with van der Waals surface area (Å²) in [5.41, 5.74) is 2.77. The van der Waals surface area contributed by atoms with Crippen LogP contribution in [-0.4, -0.2) is 42.1 Å². The number of hydrogen-bond donors (Lipinski definition) is 2. The minimum absolute atomic E-state index is 0.134. The van der Waals surface area contributed by atoms with Gasteiger partial charge in [-0.1, -0.05) is 0 Å². The maximum absolute atomic E-state index is 12.0. The molecule has 2 amide bonds. The number of nitrogens with zero attached hydrogens (tertiary/aromatic N) is 2.